The van der Waals surface area contributed by atoms with E-state index in [1.807, 2.05) is 0 Å². The van der Waals surface area contributed by atoms with Crippen LogP contribution in [0.2, 0.25) is 0 Å². The Morgan fingerprint density at radius 2 is 1.60 bits per heavy atom. The van der Waals surface area contributed by atoms with E-state index in [0.29, 0.717) is 6.42 Å². The van der Waals surface area contributed by atoms with Gasteiger partial charge in [-0.15, -0.1) is 0 Å². The molecule has 0 atom stereocenters. The molecule has 1 aromatic rings. The topological polar surface area (TPSA) is 63.3 Å². The fraction of sp³-hybridized carbons (Fsp3) is 0.588. The number of carboxylic acids is 1. The van der Waals surface area contributed by atoms with Crippen molar-refractivity contribution < 1.29 is 9.90 Å². The van der Waals surface area contributed by atoms with E-state index < -0.39 is 5.97 Å². The van der Waals surface area contributed by atoms with Gasteiger partial charge in [0.25, 0.3) is 0 Å². The molecule has 1 saturated carbocycles. The third kappa shape index (κ3) is 4.64. The first-order valence-corrected chi connectivity index (χ1v) is 7.67. The van der Waals surface area contributed by atoms with Gasteiger partial charge in [-0.1, -0.05) is 24.3 Å². The van der Waals surface area contributed by atoms with Gasteiger partial charge in [0.2, 0.25) is 0 Å². The molecule has 20 heavy (non-hydrogen) atoms. The SMILES string of the molecule is NCC1CCC(Cc2ccc(CCC(=O)O)cc2)CC1. The first kappa shape index (κ1) is 15.0. The molecule has 0 unspecified atom stereocenters. The molecule has 3 nitrogen and oxygen atoms in total. The molecule has 1 fully saturated rings. The van der Waals surface area contributed by atoms with Crippen molar-refractivity contribution in [1.29, 1.82) is 0 Å². The summed E-state index contributed by atoms with van der Waals surface area (Å²) in [5, 5.41) is 8.68. The molecule has 2 rings (SSSR count). The highest BCUT2D eigenvalue weighted by atomic mass is 16.4. The number of hydrogen-bond acceptors (Lipinski definition) is 2. The van der Waals surface area contributed by atoms with Crippen LogP contribution in [0.15, 0.2) is 24.3 Å². The van der Waals surface area contributed by atoms with Gasteiger partial charge in [0.05, 0.1) is 0 Å². The summed E-state index contributed by atoms with van der Waals surface area (Å²) in [7, 11) is 0. The van der Waals surface area contributed by atoms with Crippen LogP contribution in [-0.4, -0.2) is 17.6 Å². The number of nitrogens with two attached hydrogens (primary N) is 1. The van der Waals surface area contributed by atoms with E-state index in [-0.39, 0.29) is 6.42 Å². The molecule has 0 aromatic heterocycles. The number of carboxylic acid groups (broad SMARTS) is 1. The Morgan fingerprint density at radius 1 is 1.05 bits per heavy atom. The zero-order valence-corrected chi connectivity index (χ0v) is 12.1. The Bertz CT molecular complexity index is 419. The molecule has 110 valence electrons. The number of rotatable bonds is 6. The number of aryl methyl sites for hydroxylation is 1. The zero-order valence-electron chi connectivity index (χ0n) is 12.1. The Kier molecular flexibility index (Phi) is 5.60. The summed E-state index contributed by atoms with van der Waals surface area (Å²) in [6, 6.07) is 8.46. The third-order valence-electron chi connectivity index (χ3n) is 4.47. The largest absolute Gasteiger partial charge is 0.481 e. The van der Waals surface area contributed by atoms with E-state index in [1.54, 1.807) is 0 Å². The fourth-order valence-corrected chi connectivity index (χ4v) is 3.10. The minimum absolute atomic E-state index is 0.211. The lowest BCUT2D eigenvalue weighted by molar-refractivity contribution is -0.136. The van der Waals surface area contributed by atoms with E-state index in [4.69, 9.17) is 10.8 Å². The van der Waals surface area contributed by atoms with Crippen molar-refractivity contribution in [2.24, 2.45) is 17.6 Å². The van der Waals surface area contributed by atoms with Crippen molar-refractivity contribution in [3.05, 3.63) is 35.4 Å². The first-order chi connectivity index (χ1) is 9.67. The Morgan fingerprint density at radius 3 is 2.15 bits per heavy atom. The highest BCUT2D eigenvalue weighted by Gasteiger charge is 2.20. The lowest BCUT2D eigenvalue weighted by atomic mass is 9.79. The molecule has 0 radical (unpaired) electrons. The molecular formula is C17H25NO2. The van der Waals surface area contributed by atoms with Gasteiger partial charge in [-0.3, -0.25) is 4.79 Å². The molecule has 1 aliphatic carbocycles. The van der Waals surface area contributed by atoms with Crippen LogP contribution >= 0.6 is 0 Å². The summed E-state index contributed by atoms with van der Waals surface area (Å²) in [5.74, 6) is 0.804. The second-order valence-electron chi connectivity index (χ2n) is 6.04. The number of carbonyl (C=O) groups is 1. The number of benzene rings is 1. The van der Waals surface area contributed by atoms with Crippen molar-refractivity contribution in [2.75, 3.05) is 6.54 Å². The van der Waals surface area contributed by atoms with Crippen LogP contribution in [0.5, 0.6) is 0 Å². The standard InChI is InChI=1S/C17H25NO2/c18-12-16-7-5-15(6-8-16)11-14-3-1-13(2-4-14)9-10-17(19)20/h1-4,15-16H,5-12,18H2,(H,19,20). The summed E-state index contributed by atoms with van der Waals surface area (Å²) in [4.78, 5) is 10.5. The summed E-state index contributed by atoms with van der Waals surface area (Å²) in [5.41, 5.74) is 8.21. The van der Waals surface area contributed by atoms with Crippen LogP contribution in [0.25, 0.3) is 0 Å². The summed E-state index contributed by atoms with van der Waals surface area (Å²) < 4.78 is 0. The van der Waals surface area contributed by atoms with Crippen molar-refractivity contribution >= 4 is 5.97 Å². The third-order valence-corrected chi connectivity index (χ3v) is 4.47. The normalized spacial score (nSPS) is 22.6. The van der Waals surface area contributed by atoms with Gasteiger partial charge in [0.15, 0.2) is 0 Å². The predicted octanol–water partition coefficient (Wildman–Crippen LogP) is 3.01. The van der Waals surface area contributed by atoms with E-state index in [0.717, 1.165) is 30.4 Å². The van der Waals surface area contributed by atoms with E-state index in [1.165, 1.54) is 31.2 Å². The molecule has 3 heteroatoms. The highest BCUT2D eigenvalue weighted by molar-refractivity contribution is 5.67. The second-order valence-corrected chi connectivity index (χ2v) is 6.04. The minimum Gasteiger partial charge on any atom is -0.481 e. The van der Waals surface area contributed by atoms with Gasteiger partial charge < -0.3 is 10.8 Å². The minimum atomic E-state index is -0.731. The van der Waals surface area contributed by atoms with Gasteiger partial charge >= 0.3 is 5.97 Å². The molecule has 0 aliphatic heterocycles. The van der Waals surface area contributed by atoms with Crippen molar-refractivity contribution in [1.82, 2.24) is 0 Å². The molecular weight excluding hydrogens is 250 g/mol. The van der Waals surface area contributed by atoms with Crippen molar-refractivity contribution in [2.45, 2.75) is 44.9 Å². The predicted molar refractivity (Wildman–Crippen MR) is 80.6 cm³/mol. The van der Waals surface area contributed by atoms with Gasteiger partial charge in [0.1, 0.15) is 0 Å². The quantitative estimate of drug-likeness (QED) is 0.839. The van der Waals surface area contributed by atoms with Gasteiger partial charge in [-0.25, -0.2) is 0 Å². The Balaban J connectivity index is 1.80. The lowest BCUT2D eigenvalue weighted by Crippen LogP contribution is -2.22. The average molecular weight is 275 g/mol. The maximum absolute atomic E-state index is 10.5. The van der Waals surface area contributed by atoms with Gasteiger partial charge in [-0.05, 0) is 68.0 Å². The van der Waals surface area contributed by atoms with Crippen molar-refractivity contribution in [3.8, 4) is 0 Å². The van der Waals surface area contributed by atoms with Gasteiger partial charge in [0, 0.05) is 6.42 Å². The van der Waals surface area contributed by atoms with Crippen LogP contribution in [0, 0.1) is 11.8 Å². The first-order valence-electron chi connectivity index (χ1n) is 7.67. The second kappa shape index (κ2) is 7.44. The molecule has 0 heterocycles. The summed E-state index contributed by atoms with van der Waals surface area (Å²) in [6.45, 7) is 0.838. The Hall–Kier alpha value is -1.35. The van der Waals surface area contributed by atoms with Crippen LogP contribution in [-0.2, 0) is 17.6 Å². The highest BCUT2D eigenvalue weighted by Crippen LogP contribution is 2.30. The number of hydrogen-bond donors (Lipinski definition) is 2. The maximum Gasteiger partial charge on any atom is 0.303 e. The molecule has 0 saturated heterocycles. The smallest absolute Gasteiger partial charge is 0.303 e. The van der Waals surface area contributed by atoms with E-state index in [2.05, 4.69) is 24.3 Å². The van der Waals surface area contributed by atoms with E-state index in [9.17, 15) is 4.79 Å². The Labute approximate surface area is 121 Å². The van der Waals surface area contributed by atoms with Crippen LogP contribution in [0.4, 0.5) is 0 Å². The molecule has 0 amide bonds. The molecule has 0 spiro atoms. The summed E-state index contributed by atoms with van der Waals surface area (Å²) in [6.07, 6.45) is 7.12. The maximum atomic E-state index is 10.5. The summed E-state index contributed by atoms with van der Waals surface area (Å²) >= 11 is 0. The molecule has 0 bridgehead atoms. The monoisotopic (exact) mass is 275 g/mol. The zero-order chi connectivity index (χ0) is 14.4. The van der Waals surface area contributed by atoms with Crippen LogP contribution in [0.1, 0.15) is 43.2 Å². The molecule has 3 N–H and O–H groups in total. The van der Waals surface area contributed by atoms with Crippen LogP contribution < -0.4 is 5.73 Å². The molecule has 1 aromatic carbocycles. The van der Waals surface area contributed by atoms with E-state index >= 15 is 0 Å². The van der Waals surface area contributed by atoms with Crippen LogP contribution in [0.3, 0.4) is 0 Å². The average Bonchev–Trinajstić information content (AvgIpc) is 2.47. The van der Waals surface area contributed by atoms with Gasteiger partial charge in [-0.2, -0.15) is 0 Å². The van der Waals surface area contributed by atoms with Crippen molar-refractivity contribution in [3.63, 3.8) is 0 Å². The molecule has 1 aliphatic rings. The number of aliphatic carboxylic acids is 1. The lowest BCUT2D eigenvalue weighted by Gasteiger charge is -2.27. The fourth-order valence-electron chi connectivity index (χ4n) is 3.10.